The van der Waals surface area contributed by atoms with Crippen molar-refractivity contribution >= 4 is 0 Å². The Bertz CT molecular complexity index is 502. The molecule has 0 aliphatic rings. The Morgan fingerprint density at radius 2 is 1.45 bits per heavy atom. The van der Waals surface area contributed by atoms with Crippen LogP contribution < -0.4 is 5.32 Å². The van der Waals surface area contributed by atoms with Crippen molar-refractivity contribution < 1.29 is 0 Å². The molecule has 0 heterocycles. The normalized spacial score (nSPS) is 13.2. The van der Waals surface area contributed by atoms with Gasteiger partial charge in [0.15, 0.2) is 0 Å². The summed E-state index contributed by atoms with van der Waals surface area (Å²) in [5.41, 5.74) is 2.95. The van der Waals surface area contributed by atoms with E-state index in [9.17, 15) is 0 Å². The van der Waals surface area contributed by atoms with Crippen molar-refractivity contribution in [1.29, 1.82) is 0 Å². The summed E-state index contributed by atoms with van der Waals surface area (Å²) in [6, 6.07) is 21.9. The fourth-order valence-corrected chi connectivity index (χ4v) is 2.73. The van der Waals surface area contributed by atoms with Crippen LogP contribution in [-0.2, 0) is 12.0 Å². The van der Waals surface area contributed by atoms with Gasteiger partial charge in [-0.2, -0.15) is 0 Å². The van der Waals surface area contributed by atoms with E-state index in [2.05, 4.69) is 86.8 Å². The monoisotopic (exact) mass is 267 g/mol. The molecule has 1 nitrogen and oxygen atoms in total. The molecule has 20 heavy (non-hydrogen) atoms. The number of rotatable bonds is 6. The van der Waals surface area contributed by atoms with E-state index in [1.54, 1.807) is 0 Å². The van der Waals surface area contributed by atoms with Gasteiger partial charge in [-0.3, -0.25) is 0 Å². The van der Waals surface area contributed by atoms with E-state index in [-0.39, 0.29) is 5.41 Å². The van der Waals surface area contributed by atoms with Gasteiger partial charge in [-0.1, -0.05) is 74.5 Å². The van der Waals surface area contributed by atoms with Crippen LogP contribution in [0.1, 0.15) is 38.3 Å². The average molecular weight is 267 g/mol. The summed E-state index contributed by atoms with van der Waals surface area (Å²) in [5.74, 6) is 0. The van der Waals surface area contributed by atoms with Crippen LogP contribution in [0.3, 0.4) is 0 Å². The minimum absolute atomic E-state index is 0.199. The molecule has 1 heteroatoms. The van der Waals surface area contributed by atoms with Crippen molar-refractivity contribution in [2.75, 3.05) is 0 Å². The molecule has 2 aromatic carbocycles. The van der Waals surface area contributed by atoms with E-state index in [1.807, 2.05) is 0 Å². The first-order chi connectivity index (χ1) is 9.58. The van der Waals surface area contributed by atoms with Gasteiger partial charge in [-0.25, -0.2) is 0 Å². The molecular weight excluding hydrogens is 242 g/mol. The predicted molar refractivity (Wildman–Crippen MR) is 86.8 cm³/mol. The van der Waals surface area contributed by atoms with Crippen LogP contribution in [0.4, 0.5) is 0 Å². The molecule has 0 saturated carbocycles. The van der Waals surface area contributed by atoms with Crippen LogP contribution in [-0.4, -0.2) is 6.04 Å². The van der Waals surface area contributed by atoms with Gasteiger partial charge in [0.2, 0.25) is 0 Å². The second-order valence-corrected chi connectivity index (χ2v) is 6.22. The molecule has 1 unspecified atom stereocenters. The zero-order chi connectivity index (χ0) is 14.4. The second-order valence-electron chi connectivity index (χ2n) is 6.22. The Hall–Kier alpha value is -1.60. The molecular formula is C19H25N. The molecule has 2 aromatic rings. The minimum Gasteiger partial charge on any atom is -0.310 e. The van der Waals surface area contributed by atoms with Gasteiger partial charge < -0.3 is 5.32 Å². The summed E-state index contributed by atoms with van der Waals surface area (Å²) in [7, 11) is 0. The van der Waals surface area contributed by atoms with Gasteiger partial charge in [0.05, 0.1) is 0 Å². The first kappa shape index (κ1) is 14.8. The average Bonchev–Trinajstić information content (AvgIpc) is 2.47. The zero-order valence-electron chi connectivity index (χ0n) is 12.8. The van der Waals surface area contributed by atoms with E-state index in [0.29, 0.717) is 6.04 Å². The minimum atomic E-state index is 0.199. The lowest BCUT2D eigenvalue weighted by Crippen LogP contribution is -2.32. The fourth-order valence-electron chi connectivity index (χ4n) is 2.73. The molecule has 0 bridgehead atoms. The molecule has 0 radical (unpaired) electrons. The van der Waals surface area contributed by atoms with Gasteiger partial charge >= 0.3 is 0 Å². The number of hydrogen-bond acceptors (Lipinski definition) is 1. The van der Waals surface area contributed by atoms with Gasteiger partial charge in [0.25, 0.3) is 0 Å². The molecule has 0 fully saturated rings. The third-order valence-corrected chi connectivity index (χ3v) is 3.87. The topological polar surface area (TPSA) is 12.0 Å². The van der Waals surface area contributed by atoms with Crippen molar-refractivity contribution in [3.63, 3.8) is 0 Å². The Labute approximate surface area is 123 Å². The molecule has 2 rings (SSSR count). The Morgan fingerprint density at radius 1 is 0.900 bits per heavy atom. The van der Waals surface area contributed by atoms with E-state index in [1.165, 1.54) is 11.1 Å². The third-order valence-electron chi connectivity index (χ3n) is 3.87. The second kappa shape index (κ2) is 6.71. The molecule has 0 spiro atoms. The highest BCUT2D eigenvalue weighted by Gasteiger charge is 2.22. The predicted octanol–water partition coefficient (Wildman–Crippen LogP) is 4.53. The quantitative estimate of drug-likeness (QED) is 0.810. The van der Waals surface area contributed by atoms with Gasteiger partial charge in [0.1, 0.15) is 0 Å². The lowest BCUT2D eigenvalue weighted by molar-refractivity contribution is 0.388. The molecule has 0 aromatic heterocycles. The molecule has 0 saturated heterocycles. The van der Waals surface area contributed by atoms with E-state index in [0.717, 1.165) is 13.0 Å². The first-order valence-electron chi connectivity index (χ1n) is 7.41. The van der Waals surface area contributed by atoms with Crippen LogP contribution in [0.5, 0.6) is 0 Å². The van der Waals surface area contributed by atoms with Crippen LogP contribution >= 0.6 is 0 Å². The van der Waals surface area contributed by atoms with Crippen molar-refractivity contribution in [1.82, 2.24) is 5.32 Å². The molecule has 1 N–H and O–H groups in total. The van der Waals surface area contributed by atoms with E-state index >= 15 is 0 Å². The molecule has 0 aliphatic carbocycles. The maximum Gasteiger partial charge on any atom is 0.0207 e. The Balaban J connectivity index is 1.89. The van der Waals surface area contributed by atoms with Crippen LogP contribution in [0.2, 0.25) is 0 Å². The highest BCUT2D eigenvalue weighted by molar-refractivity contribution is 5.23. The SMILES string of the molecule is CC(CC(C)(C)c1ccccc1)NCc1ccccc1. The van der Waals surface area contributed by atoms with E-state index < -0.39 is 0 Å². The maximum atomic E-state index is 3.62. The number of hydrogen-bond donors (Lipinski definition) is 1. The van der Waals surface area contributed by atoms with Crippen LogP contribution in [0, 0.1) is 0 Å². The van der Waals surface area contributed by atoms with Crippen LogP contribution in [0.15, 0.2) is 60.7 Å². The molecule has 0 aliphatic heterocycles. The summed E-state index contributed by atoms with van der Waals surface area (Å²) < 4.78 is 0. The Morgan fingerprint density at radius 3 is 2.05 bits per heavy atom. The highest BCUT2D eigenvalue weighted by Crippen LogP contribution is 2.28. The van der Waals surface area contributed by atoms with Crippen molar-refractivity contribution in [2.45, 2.75) is 45.2 Å². The van der Waals surface area contributed by atoms with Gasteiger partial charge in [-0.15, -0.1) is 0 Å². The molecule has 1 atom stereocenters. The zero-order valence-corrected chi connectivity index (χ0v) is 12.8. The number of benzene rings is 2. The summed E-state index contributed by atoms with van der Waals surface area (Å²) in [4.78, 5) is 0. The van der Waals surface area contributed by atoms with Gasteiger partial charge in [-0.05, 0) is 29.9 Å². The largest absolute Gasteiger partial charge is 0.310 e. The maximum absolute atomic E-state index is 3.62. The van der Waals surface area contributed by atoms with E-state index in [4.69, 9.17) is 0 Å². The lowest BCUT2D eigenvalue weighted by Gasteiger charge is -2.29. The highest BCUT2D eigenvalue weighted by atomic mass is 14.9. The first-order valence-corrected chi connectivity index (χ1v) is 7.41. The standard InChI is InChI=1S/C19H25N/c1-16(20-15-17-10-6-4-7-11-17)14-19(2,3)18-12-8-5-9-13-18/h4-13,16,20H,14-15H2,1-3H3. The van der Waals surface area contributed by atoms with Crippen molar-refractivity contribution in [3.05, 3.63) is 71.8 Å². The smallest absolute Gasteiger partial charge is 0.0207 e. The molecule has 0 amide bonds. The summed E-state index contributed by atoms with van der Waals surface area (Å²) in [6.07, 6.45) is 1.13. The molecule has 106 valence electrons. The third kappa shape index (κ3) is 4.21. The fraction of sp³-hybridized carbons (Fsp3) is 0.368. The van der Waals surface area contributed by atoms with Crippen LogP contribution in [0.25, 0.3) is 0 Å². The Kier molecular flexibility index (Phi) is 4.97. The summed E-state index contributed by atoms with van der Waals surface area (Å²) in [6.45, 7) is 7.85. The summed E-state index contributed by atoms with van der Waals surface area (Å²) in [5, 5.41) is 3.62. The summed E-state index contributed by atoms with van der Waals surface area (Å²) >= 11 is 0. The lowest BCUT2D eigenvalue weighted by atomic mass is 9.79. The van der Waals surface area contributed by atoms with Gasteiger partial charge in [0, 0.05) is 12.6 Å². The number of nitrogens with one attached hydrogen (secondary N) is 1. The van der Waals surface area contributed by atoms with Crippen molar-refractivity contribution in [3.8, 4) is 0 Å². The van der Waals surface area contributed by atoms with Crippen molar-refractivity contribution in [2.24, 2.45) is 0 Å².